The van der Waals surface area contributed by atoms with Gasteiger partial charge in [0.15, 0.2) is 0 Å². The lowest BCUT2D eigenvalue weighted by atomic mass is 10.1. The van der Waals surface area contributed by atoms with Crippen molar-refractivity contribution in [2.24, 2.45) is 0 Å². The zero-order valence-electron chi connectivity index (χ0n) is 8.87. The fraction of sp³-hybridized carbons (Fsp3) is 0. The number of nitrogens with one attached hydrogen (secondary N) is 1. The maximum Gasteiger partial charge on any atom is 0.337 e. The number of carbonyl (C=O) groups is 2. The molecule has 1 aromatic carbocycles. The van der Waals surface area contributed by atoms with Crippen LogP contribution in [0.15, 0.2) is 47.5 Å². The van der Waals surface area contributed by atoms with Crippen molar-refractivity contribution in [1.29, 1.82) is 0 Å². The van der Waals surface area contributed by atoms with E-state index in [0.717, 1.165) is 0 Å². The molecule has 0 aliphatic heterocycles. The van der Waals surface area contributed by atoms with E-state index in [0.29, 0.717) is 4.47 Å². The van der Waals surface area contributed by atoms with Gasteiger partial charge in [0.05, 0.1) is 11.3 Å². The van der Waals surface area contributed by atoms with Crippen LogP contribution in [0.2, 0.25) is 0 Å². The molecule has 1 aromatic rings. The molecule has 0 heterocycles. The van der Waals surface area contributed by atoms with Crippen LogP contribution in [-0.2, 0) is 4.79 Å². The molecule has 5 heteroatoms. The zero-order chi connectivity index (χ0) is 13.0. The van der Waals surface area contributed by atoms with Crippen molar-refractivity contribution in [2.75, 3.05) is 5.32 Å². The molecule has 17 heavy (non-hydrogen) atoms. The summed E-state index contributed by atoms with van der Waals surface area (Å²) in [5.41, 5.74) is 0.391. The minimum Gasteiger partial charge on any atom is -0.478 e. The maximum atomic E-state index is 11.5. The van der Waals surface area contributed by atoms with Crippen LogP contribution in [0.3, 0.4) is 0 Å². The van der Waals surface area contributed by atoms with Gasteiger partial charge in [-0.1, -0.05) is 35.2 Å². The average molecular weight is 296 g/mol. The van der Waals surface area contributed by atoms with E-state index >= 15 is 0 Å². The second-order valence-electron chi connectivity index (χ2n) is 3.18. The van der Waals surface area contributed by atoms with E-state index in [1.165, 1.54) is 18.2 Å². The van der Waals surface area contributed by atoms with Crippen molar-refractivity contribution in [3.05, 3.63) is 53.0 Å². The molecule has 0 unspecified atom stereocenters. The molecule has 2 N–H and O–H groups in total. The minimum absolute atomic E-state index is 0.00425. The number of hydrogen-bond donors (Lipinski definition) is 2. The number of anilines is 1. The summed E-state index contributed by atoms with van der Waals surface area (Å²) < 4.78 is 0.621. The molecule has 4 nitrogen and oxygen atoms in total. The number of halogens is 1. The Morgan fingerprint density at radius 3 is 2.59 bits per heavy atom. The van der Waals surface area contributed by atoms with E-state index in [1.807, 2.05) is 0 Å². The van der Waals surface area contributed by atoms with Gasteiger partial charge in [0.25, 0.3) is 5.91 Å². The number of carboxylic acids is 1. The van der Waals surface area contributed by atoms with Gasteiger partial charge in [0.1, 0.15) is 0 Å². The van der Waals surface area contributed by atoms with Gasteiger partial charge in [0.2, 0.25) is 0 Å². The van der Waals surface area contributed by atoms with Gasteiger partial charge in [-0.25, -0.2) is 4.79 Å². The molecule has 0 aromatic heterocycles. The van der Waals surface area contributed by atoms with E-state index in [1.54, 1.807) is 6.07 Å². The summed E-state index contributed by atoms with van der Waals surface area (Å²) >= 11 is 3.16. The first kappa shape index (κ1) is 13.2. The Balaban J connectivity index is 3.06. The van der Waals surface area contributed by atoms with Gasteiger partial charge in [0, 0.05) is 10.0 Å². The molecule has 0 saturated carbocycles. The summed E-state index contributed by atoms with van der Waals surface area (Å²) in [7, 11) is 0. The van der Waals surface area contributed by atoms with Crippen molar-refractivity contribution >= 4 is 33.5 Å². The zero-order valence-corrected chi connectivity index (χ0v) is 10.5. The highest BCUT2D eigenvalue weighted by Gasteiger charge is 2.13. The number of hydrogen-bond acceptors (Lipinski definition) is 2. The van der Waals surface area contributed by atoms with Gasteiger partial charge in [-0.05, 0) is 18.2 Å². The van der Waals surface area contributed by atoms with E-state index in [-0.39, 0.29) is 16.8 Å². The fourth-order valence-corrected chi connectivity index (χ4v) is 1.46. The van der Waals surface area contributed by atoms with Gasteiger partial charge in [-0.2, -0.15) is 0 Å². The molecule has 1 rings (SSSR count). The molecule has 0 bridgehead atoms. The monoisotopic (exact) mass is 295 g/mol. The summed E-state index contributed by atoms with van der Waals surface area (Å²) in [6.45, 7) is 6.89. The summed E-state index contributed by atoms with van der Waals surface area (Å²) in [6.07, 6.45) is 1.30. The Bertz CT molecular complexity index is 508. The van der Waals surface area contributed by atoms with Crippen LogP contribution in [0.5, 0.6) is 0 Å². The number of amides is 1. The van der Waals surface area contributed by atoms with Crippen molar-refractivity contribution in [2.45, 2.75) is 0 Å². The standard InChI is InChI=1S/C12H10BrNO3/c1-3-7(2)11(15)14-10-5-4-8(13)6-9(10)12(16)17/h3-6H,1-2H2,(H,14,15)(H,16,17). The van der Waals surface area contributed by atoms with Crippen LogP contribution in [-0.4, -0.2) is 17.0 Å². The molecule has 0 aliphatic rings. The third kappa shape index (κ3) is 3.29. The third-order valence-corrected chi connectivity index (χ3v) is 2.49. The maximum absolute atomic E-state index is 11.5. The predicted octanol–water partition coefficient (Wildman–Crippen LogP) is 2.83. The highest BCUT2D eigenvalue weighted by Crippen LogP contribution is 2.21. The SMILES string of the molecule is C=CC(=C)C(=O)Nc1ccc(Br)cc1C(=O)O. The number of carbonyl (C=O) groups excluding carboxylic acids is 1. The number of benzene rings is 1. The molecular weight excluding hydrogens is 286 g/mol. The smallest absolute Gasteiger partial charge is 0.337 e. The lowest BCUT2D eigenvalue weighted by molar-refractivity contribution is -0.112. The Morgan fingerprint density at radius 2 is 2.06 bits per heavy atom. The minimum atomic E-state index is -1.12. The third-order valence-electron chi connectivity index (χ3n) is 2.00. The number of rotatable bonds is 4. The molecule has 0 spiro atoms. The van der Waals surface area contributed by atoms with Crippen molar-refractivity contribution in [1.82, 2.24) is 0 Å². The Labute approximate surface area is 107 Å². The quantitative estimate of drug-likeness (QED) is 0.663. The molecule has 0 fully saturated rings. The molecule has 1 amide bonds. The van der Waals surface area contributed by atoms with Crippen LogP contribution in [0.4, 0.5) is 5.69 Å². The summed E-state index contributed by atoms with van der Waals surface area (Å²) in [6, 6.07) is 4.55. The largest absolute Gasteiger partial charge is 0.478 e. The van der Waals surface area contributed by atoms with Crippen LogP contribution in [0, 0.1) is 0 Å². The first-order chi connectivity index (χ1) is 7.95. The first-order valence-electron chi connectivity index (χ1n) is 4.61. The Morgan fingerprint density at radius 1 is 1.41 bits per heavy atom. The van der Waals surface area contributed by atoms with Gasteiger partial charge in [-0.3, -0.25) is 4.79 Å². The second-order valence-corrected chi connectivity index (χ2v) is 4.09. The van der Waals surface area contributed by atoms with Crippen LogP contribution < -0.4 is 5.32 Å². The fourth-order valence-electron chi connectivity index (χ4n) is 1.10. The summed E-state index contributed by atoms with van der Waals surface area (Å²) in [4.78, 5) is 22.5. The molecule has 0 radical (unpaired) electrons. The second kappa shape index (κ2) is 5.45. The lowest BCUT2D eigenvalue weighted by Crippen LogP contribution is -2.15. The molecule has 88 valence electrons. The van der Waals surface area contributed by atoms with Crippen LogP contribution >= 0.6 is 15.9 Å². The van der Waals surface area contributed by atoms with E-state index in [2.05, 4.69) is 34.4 Å². The van der Waals surface area contributed by atoms with Gasteiger partial charge >= 0.3 is 5.97 Å². The molecule has 0 aliphatic carbocycles. The summed E-state index contributed by atoms with van der Waals surface area (Å²) in [5, 5.41) is 11.4. The van der Waals surface area contributed by atoms with E-state index < -0.39 is 11.9 Å². The molecular formula is C12H10BrNO3. The van der Waals surface area contributed by atoms with Crippen LogP contribution in [0.25, 0.3) is 0 Å². The highest BCUT2D eigenvalue weighted by molar-refractivity contribution is 9.10. The normalized spacial score (nSPS) is 9.47. The van der Waals surface area contributed by atoms with E-state index in [4.69, 9.17) is 5.11 Å². The molecule has 0 saturated heterocycles. The van der Waals surface area contributed by atoms with E-state index in [9.17, 15) is 9.59 Å². The van der Waals surface area contributed by atoms with Crippen LogP contribution in [0.1, 0.15) is 10.4 Å². The topological polar surface area (TPSA) is 66.4 Å². The van der Waals surface area contributed by atoms with Gasteiger partial charge < -0.3 is 10.4 Å². The lowest BCUT2D eigenvalue weighted by Gasteiger charge is -2.08. The Kier molecular flexibility index (Phi) is 4.23. The van der Waals surface area contributed by atoms with Crippen molar-refractivity contribution < 1.29 is 14.7 Å². The number of aromatic carboxylic acids is 1. The predicted molar refractivity (Wildman–Crippen MR) is 69.1 cm³/mol. The van der Waals surface area contributed by atoms with Crippen molar-refractivity contribution in [3.63, 3.8) is 0 Å². The first-order valence-corrected chi connectivity index (χ1v) is 5.40. The molecule has 0 atom stereocenters. The number of carboxylic acid groups (broad SMARTS) is 1. The summed E-state index contributed by atoms with van der Waals surface area (Å²) in [5.74, 6) is -1.60. The average Bonchev–Trinajstić information content (AvgIpc) is 2.29. The highest BCUT2D eigenvalue weighted by atomic mass is 79.9. The van der Waals surface area contributed by atoms with Gasteiger partial charge in [-0.15, -0.1) is 0 Å². The van der Waals surface area contributed by atoms with Crippen molar-refractivity contribution in [3.8, 4) is 0 Å². The Hall–Kier alpha value is -1.88.